The van der Waals surface area contributed by atoms with Crippen molar-refractivity contribution in [2.75, 3.05) is 6.61 Å². The molecular formula is C23H27N7O. The first-order valence-corrected chi connectivity index (χ1v) is 10.7. The first-order valence-electron chi connectivity index (χ1n) is 10.7. The Morgan fingerprint density at radius 3 is 2.48 bits per heavy atom. The molecule has 0 aliphatic heterocycles. The summed E-state index contributed by atoms with van der Waals surface area (Å²) in [5.41, 5.74) is 4.27. The van der Waals surface area contributed by atoms with E-state index in [1.54, 1.807) is 0 Å². The molecule has 8 heteroatoms. The molecular weight excluding hydrogens is 390 g/mol. The molecule has 0 spiro atoms. The second-order valence-corrected chi connectivity index (χ2v) is 7.52. The maximum Gasteiger partial charge on any atom is 0.335 e. The molecule has 0 bridgehead atoms. The molecule has 4 aromatic rings. The molecule has 0 aliphatic carbocycles. The number of hydrogen-bond acceptors (Lipinski definition) is 6. The van der Waals surface area contributed by atoms with Crippen LogP contribution in [0.2, 0.25) is 0 Å². The zero-order valence-electron chi connectivity index (χ0n) is 18.1. The average molecular weight is 418 g/mol. The molecule has 2 heterocycles. The highest BCUT2D eigenvalue weighted by molar-refractivity contribution is 5.80. The van der Waals surface area contributed by atoms with E-state index in [1.807, 2.05) is 22.9 Å². The molecule has 0 amide bonds. The molecule has 1 N–H and O–H groups in total. The lowest BCUT2D eigenvalue weighted by Gasteiger charge is -2.12. The van der Waals surface area contributed by atoms with E-state index >= 15 is 0 Å². The molecule has 4 rings (SSSR count). The minimum Gasteiger partial charge on any atom is -0.462 e. The zero-order chi connectivity index (χ0) is 21.6. The predicted molar refractivity (Wildman–Crippen MR) is 119 cm³/mol. The average Bonchev–Trinajstić information content (AvgIpc) is 3.48. The first-order chi connectivity index (χ1) is 15.2. The molecule has 0 saturated heterocycles. The Bertz CT molecular complexity index is 1100. The lowest BCUT2D eigenvalue weighted by atomic mass is 9.98. The Morgan fingerprint density at radius 2 is 1.81 bits per heavy atom. The van der Waals surface area contributed by atoms with Gasteiger partial charge in [0.05, 0.1) is 12.6 Å². The monoisotopic (exact) mass is 417 g/mol. The number of aromatic nitrogens is 7. The van der Waals surface area contributed by atoms with Gasteiger partial charge >= 0.3 is 6.01 Å². The Kier molecular flexibility index (Phi) is 6.35. The van der Waals surface area contributed by atoms with E-state index in [-0.39, 0.29) is 6.04 Å². The van der Waals surface area contributed by atoms with Gasteiger partial charge in [0.25, 0.3) is 0 Å². The van der Waals surface area contributed by atoms with Crippen LogP contribution in [-0.2, 0) is 6.42 Å². The van der Waals surface area contributed by atoms with E-state index in [2.05, 4.69) is 81.8 Å². The van der Waals surface area contributed by atoms with Gasteiger partial charge in [0, 0.05) is 12.0 Å². The number of tetrazole rings is 1. The van der Waals surface area contributed by atoms with E-state index in [0.29, 0.717) is 24.9 Å². The lowest BCUT2D eigenvalue weighted by Crippen LogP contribution is -2.11. The van der Waals surface area contributed by atoms with Crippen molar-refractivity contribution in [1.29, 1.82) is 0 Å². The number of aromatic amines is 1. The third-order valence-corrected chi connectivity index (χ3v) is 5.27. The van der Waals surface area contributed by atoms with Gasteiger partial charge in [-0.25, -0.2) is 4.68 Å². The van der Waals surface area contributed by atoms with Gasteiger partial charge in [-0.15, -0.1) is 15.3 Å². The second-order valence-electron chi connectivity index (χ2n) is 7.52. The standard InChI is InChI=1S/C23H27N7O/c1-4-14-31-23-24-21(30(27-23)16(3)5-2)15-17-10-12-18(13-11-17)19-8-6-7-9-20(19)22-25-28-29-26-22/h6-13,16H,4-5,14-15H2,1-3H3,(H,25,26,28,29). The smallest absolute Gasteiger partial charge is 0.335 e. The summed E-state index contributed by atoms with van der Waals surface area (Å²) in [5.74, 6) is 1.50. The number of H-pyrrole nitrogens is 1. The number of nitrogens with one attached hydrogen (secondary N) is 1. The number of benzene rings is 2. The van der Waals surface area contributed by atoms with E-state index in [0.717, 1.165) is 35.4 Å². The van der Waals surface area contributed by atoms with Gasteiger partial charge in [-0.05, 0) is 41.7 Å². The molecule has 1 unspecified atom stereocenters. The predicted octanol–water partition coefficient (Wildman–Crippen LogP) is 4.48. The van der Waals surface area contributed by atoms with Crippen LogP contribution in [-0.4, -0.2) is 42.0 Å². The van der Waals surface area contributed by atoms with Crippen LogP contribution >= 0.6 is 0 Å². The first kappa shape index (κ1) is 20.7. The highest BCUT2D eigenvalue weighted by atomic mass is 16.5. The zero-order valence-corrected chi connectivity index (χ0v) is 18.1. The van der Waals surface area contributed by atoms with Crippen LogP contribution in [0.3, 0.4) is 0 Å². The number of nitrogens with zero attached hydrogens (tertiary/aromatic N) is 6. The Hall–Kier alpha value is -3.55. The third-order valence-electron chi connectivity index (χ3n) is 5.27. The minimum absolute atomic E-state index is 0.266. The summed E-state index contributed by atoms with van der Waals surface area (Å²) < 4.78 is 7.66. The highest BCUT2D eigenvalue weighted by Gasteiger charge is 2.16. The maximum atomic E-state index is 5.67. The summed E-state index contributed by atoms with van der Waals surface area (Å²) in [6.07, 6.45) is 2.61. The summed E-state index contributed by atoms with van der Waals surface area (Å²) in [4.78, 5) is 4.64. The molecule has 2 aromatic carbocycles. The quantitative estimate of drug-likeness (QED) is 0.432. The Labute approximate surface area is 181 Å². The van der Waals surface area contributed by atoms with Gasteiger partial charge < -0.3 is 4.74 Å². The van der Waals surface area contributed by atoms with Gasteiger partial charge in [-0.1, -0.05) is 62.4 Å². The van der Waals surface area contributed by atoms with E-state index in [9.17, 15) is 0 Å². The topological polar surface area (TPSA) is 94.4 Å². The molecule has 1 atom stereocenters. The van der Waals surface area contributed by atoms with Crippen LogP contribution in [0, 0.1) is 0 Å². The number of hydrogen-bond donors (Lipinski definition) is 1. The summed E-state index contributed by atoms with van der Waals surface area (Å²) in [5, 5.41) is 19.0. The van der Waals surface area contributed by atoms with Crippen LogP contribution in [0.5, 0.6) is 6.01 Å². The van der Waals surface area contributed by atoms with Crippen LogP contribution in [0.1, 0.15) is 51.0 Å². The highest BCUT2D eigenvalue weighted by Crippen LogP contribution is 2.30. The second kappa shape index (κ2) is 9.51. The van der Waals surface area contributed by atoms with Crippen LogP contribution in [0.25, 0.3) is 22.5 Å². The van der Waals surface area contributed by atoms with Crippen molar-refractivity contribution < 1.29 is 4.74 Å². The molecule has 0 radical (unpaired) electrons. The fourth-order valence-electron chi connectivity index (χ4n) is 3.43. The van der Waals surface area contributed by atoms with Crippen molar-refractivity contribution in [2.24, 2.45) is 0 Å². The number of ether oxygens (including phenoxy) is 1. The summed E-state index contributed by atoms with van der Waals surface area (Å²) >= 11 is 0. The van der Waals surface area contributed by atoms with Crippen LogP contribution < -0.4 is 4.74 Å². The van der Waals surface area contributed by atoms with Crippen LogP contribution in [0.4, 0.5) is 0 Å². The molecule has 0 fully saturated rings. The van der Waals surface area contributed by atoms with Gasteiger partial charge in [-0.3, -0.25) is 0 Å². The molecule has 8 nitrogen and oxygen atoms in total. The van der Waals surface area contributed by atoms with Crippen molar-refractivity contribution in [1.82, 2.24) is 35.4 Å². The normalized spacial score (nSPS) is 12.1. The summed E-state index contributed by atoms with van der Waals surface area (Å²) in [7, 11) is 0. The van der Waals surface area contributed by atoms with Crippen molar-refractivity contribution in [3.05, 3.63) is 59.9 Å². The molecule has 31 heavy (non-hydrogen) atoms. The fourth-order valence-corrected chi connectivity index (χ4v) is 3.43. The Balaban J connectivity index is 1.58. The fraction of sp³-hybridized carbons (Fsp3) is 0.348. The van der Waals surface area contributed by atoms with E-state index in [1.165, 1.54) is 5.56 Å². The van der Waals surface area contributed by atoms with Gasteiger partial charge in [0.2, 0.25) is 5.82 Å². The van der Waals surface area contributed by atoms with Gasteiger partial charge in [0.15, 0.2) is 0 Å². The summed E-state index contributed by atoms with van der Waals surface area (Å²) in [6.45, 7) is 7.00. The molecule has 160 valence electrons. The maximum absolute atomic E-state index is 5.67. The lowest BCUT2D eigenvalue weighted by molar-refractivity contribution is 0.288. The van der Waals surface area contributed by atoms with Gasteiger partial charge in [0.1, 0.15) is 5.82 Å². The van der Waals surface area contributed by atoms with Gasteiger partial charge in [-0.2, -0.15) is 10.2 Å². The SMILES string of the molecule is CCCOc1nc(Cc2ccc(-c3ccccc3-c3nn[nH]n3)cc2)n(C(C)CC)n1. The Morgan fingerprint density at radius 1 is 1.03 bits per heavy atom. The van der Waals surface area contributed by atoms with E-state index in [4.69, 9.17) is 4.74 Å². The van der Waals surface area contributed by atoms with Crippen molar-refractivity contribution in [3.63, 3.8) is 0 Å². The molecule has 0 aliphatic rings. The van der Waals surface area contributed by atoms with E-state index < -0.39 is 0 Å². The molecule has 0 saturated carbocycles. The summed E-state index contributed by atoms with van der Waals surface area (Å²) in [6, 6.07) is 17.3. The minimum atomic E-state index is 0.266. The third kappa shape index (κ3) is 4.63. The van der Waals surface area contributed by atoms with Crippen molar-refractivity contribution in [2.45, 2.75) is 46.1 Å². The number of rotatable bonds is 9. The van der Waals surface area contributed by atoms with Crippen molar-refractivity contribution in [3.8, 4) is 28.5 Å². The molecule has 2 aromatic heterocycles. The van der Waals surface area contributed by atoms with Crippen LogP contribution in [0.15, 0.2) is 48.5 Å². The van der Waals surface area contributed by atoms with Crippen molar-refractivity contribution >= 4 is 0 Å². The largest absolute Gasteiger partial charge is 0.462 e.